The van der Waals surface area contributed by atoms with E-state index >= 15 is 0 Å². The number of urea groups is 1. The van der Waals surface area contributed by atoms with Gasteiger partial charge in [0, 0.05) is 18.8 Å². The van der Waals surface area contributed by atoms with Crippen LogP contribution >= 0.6 is 0 Å². The van der Waals surface area contributed by atoms with E-state index in [0.717, 1.165) is 17.2 Å². The molecule has 0 radical (unpaired) electrons. The summed E-state index contributed by atoms with van der Waals surface area (Å²) >= 11 is 0. The molecular formula is C19H24N2O3. The number of nitrogens with zero attached hydrogens (tertiary/aromatic N) is 1. The molecule has 0 aliphatic carbocycles. The fourth-order valence-electron chi connectivity index (χ4n) is 2.25. The number of benzene rings is 2. The van der Waals surface area contributed by atoms with Crippen LogP contribution in [0.1, 0.15) is 24.8 Å². The molecule has 5 heteroatoms. The van der Waals surface area contributed by atoms with Gasteiger partial charge in [-0.1, -0.05) is 43.3 Å². The molecular weight excluding hydrogens is 304 g/mol. The quantitative estimate of drug-likeness (QED) is 0.772. The van der Waals surface area contributed by atoms with E-state index in [2.05, 4.69) is 36.5 Å². The molecule has 2 aromatic carbocycles. The number of hydrogen-bond acceptors (Lipinski definition) is 3. The molecule has 5 nitrogen and oxygen atoms in total. The molecule has 0 spiro atoms. The zero-order valence-electron chi connectivity index (χ0n) is 14.4. The van der Waals surface area contributed by atoms with Crippen molar-refractivity contribution >= 4 is 11.7 Å². The maximum atomic E-state index is 11.8. The number of carbonyl (C=O) groups is 1. The molecule has 0 aliphatic rings. The average molecular weight is 328 g/mol. The Hall–Kier alpha value is -2.53. The Balaban J connectivity index is 1.85. The van der Waals surface area contributed by atoms with Crippen molar-refractivity contribution in [1.82, 2.24) is 5.06 Å². The van der Waals surface area contributed by atoms with Crippen LogP contribution in [0.3, 0.4) is 0 Å². The predicted octanol–water partition coefficient (Wildman–Crippen LogP) is 4.28. The van der Waals surface area contributed by atoms with Crippen LogP contribution in [-0.4, -0.2) is 31.9 Å². The van der Waals surface area contributed by atoms with Gasteiger partial charge in [-0.25, -0.2) is 9.86 Å². The van der Waals surface area contributed by atoms with Gasteiger partial charge in [-0.15, -0.1) is 0 Å². The average Bonchev–Trinajstić information content (AvgIpc) is 2.62. The molecule has 1 N–H and O–H groups in total. The van der Waals surface area contributed by atoms with Crippen molar-refractivity contribution in [1.29, 1.82) is 0 Å². The fraction of sp³-hybridized carbons (Fsp3) is 0.316. The van der Waals surface area contributed by atoms with Gasteiger partial charge in [0.1, 0.15) is 5.75 Å². The molecule has 128 valence electrons. The van der Waals surface area contributed by atoms with E-state index in [1.54, 1.807) is 19.2 Å². The van der Waals surface area contributed by atoms with E-state index in [9.17, 15) is 4.79 Å². The molecule has 1 unspecified atom stereocenters. The van der Waals surface area contributed by atoms with Gasteiger partial charge in [-0.3, -0.25) is 4.84 Å². The summed E-state index contributed by atoms with van der Waals surface area (Å²) < 4.78 is 5.81. The highest BCUT2D eigenvalue weighted by Gasteiger charge is 2.09. The number of amides is 2. The first-order chi connectivity index (χ1) is 11.6. The van der Waals surface area contributed by atoms with Crippen LogP contribution in [0.4, 0.5) is 10.5 Å². The van der Waals surface area contributed by atoms with Crippen LogP contribution < -0.4 is 10.1 Å². The highest BCUT2D eigenvalue weighted by molar-refractivity contribution is 5.88. The minimum atomic E-state index is -0.340. The summed E-state index contributed by atoms with van der Waals surface area (Å²) in [5.74, 6) is 1.16. The third-order valence-corrected chi connectivity index (χ3v) is 3.83. The SMILES string of the molecule is CON(C)C(=O)Nc1cccc(OCCC(C)c2ccccc2)c1. The molecule has 0 heterocycles. The molecule has 24 heavy (non-hydrogen) atoms. The summed E-state index contributed by atoms with van der Waals surface area (Å²) in [6.07, 6.45) is 0.924. The number of ether oxygens (including phenoxy) is 1. The first kappa shape index (κ1) is 17.8. The largest absolute Gasteiger partial charge is 0.493 e. The van der Waals surface area contributed by atoms with Crippen LogP contribution in [0.15, 0.2) is 54.6 Å². The highest BCUT2D eigenvalue weighted by atomic mass is 16.7. The lowest BCUT2D eigenvalue weighted by atomic mass is 9.98. The van der Waals surface area contributed by atoms with Crippen molar-refractivity contribution in [2.75, 3.05) is 26.1 Å². The molecule has 2 amide bonds. The van der Waals surface area contributed by atoms with Gasteiger partial charge >= 0.3 is 6.03 Å². The van der Waals surface area contributed by atoms with E-state index in [-0.39, 0.29) is 6.03 Å². The maximum Gasteiger partial charge on any atom is 0.345 e. The van der Waals surface area contributed by atoms with Crippen LogP contribution in [0.25, 0.3) is 0 Å². The fourth-order valence-corrected chi connectivity index (χ4v) is 2.25. The van der Waals surface area contributed by atoms with Crippen molar-refractivity contribution in [2.24, 2.45) is 0 Å². The number of nitrogens with one attached hydrogen (secondary N) is 1. The van der Waals surface area contributed by atoms with Crippen LogP contribution in [-0.2, 0) is 4.84 Å². The summed E-state index contributed by atoms with van der Waals surface area (Å²) in [4.78, 5) is 16.6. The Kier molecular flexibility index (Phi) is 6.63. The van der Waals surface area contributed by atoms with Crippen molar-refractivity contribution in [2.45, 2.75) is 19.3 Å². The lowest BCUT2D eigenvalue weighted by Gasteiger charge is -2.16. The Bertz CT molecular complexity index is 646. The van der Waals surface area contributed by atoms with Gasteiger partial charge < -0.3 is 10.1 Å². The maximum absolute atomic E-state index is 11.8. The van der Waals surface area contributed by atoms with Gasteiger partial charge in [0.25, 0.3) is 0 Å². The Labute approximate surface area is 143 Å². The summed E-state index contributed by atoms with van der Waals surface area (Å²) in [6, 6.07) is 17.4. The normalized spacial score (nSPS) is 11.6. The molecule has 2 aromatic rings. The Morgan fingerprint density at radius 3 is 2.62 bits per heavy atom. The lowest BCUT2D eigenvalue weighted by Crippen LogP contribution is -2.30. The van der Waals surface area contributed by atoms with Gasteiger partial charge in [0.2, 0.25) is 0 Å². The highest BCUT2D eigenvalue weighted by Crippen LogP contribution is 2.21. The van der Waals surface area contributed by atoms with E-state index in [0.29, 0.717) is 18.2 Å². The minimum absolute atomic E-state index is 0.340. The third kappa shape index (κ3) is 5.28. The summed E-state index contributed by atoms with van der Waals surface area (Å²) in [5.41, 5.74) is 1.97. The van der Waals surface area contributed by atoms with E-state index < -0.39 is 0 Å². The standard InChI is InChI=1S/C19H24N2O3/c1-15(16-8-5-4-6-9-16)12-13-24-18-11-7-10-17(14-18)20-19(22)21(2)23-3/h4-11,14-15H,12-13H2,1-3H3,(H,20,22). The van der Waals surface area contributed by atoms with Gasteiger partial charge in [-0.2, -0.15) is 0 Å². The van der Waals surface area contributed by atoms with E-state index in [4.69, 9.17) is 9.57 Å². The third-order valence-electron chi connectivity index (χ3n) is 3.83. The van der Waals surface area contributed by atoms with Gasteiger partial charge in [-0.05, 0) is 30.0 Å². The lowest BCUT2D eigenvalue weighted by molar-refractivity contribution is -0.0598. The predicted molar refractivity (Wildman–Crippen MR) is 95.2 cm³/mol. The first-order valence-electron chi connectivity index (χ1n) is 7.96. The molecule has 0 aromatic heterocycles. The van der Waals surface area contributed by atoms with Crippen molar-refractivity contribution < 1.29 is 14.4 Å². The Morgan fingerprint density at radius 2 is 1.92 bits per heavy atom. The number of hydroxylamine groups is 2. The molecule has 0 aliphatic heterocycles. The van der Waals surface area contributed by atoms with Gasteiger partial charge in [0.05, 0.1) is 13.7 Å². The molecule has 0 saturated heterocycles. The van der Waals surface area contributed by atoms with Crippen LogP contribution in [0.2, 0.25) is 0 Å². The summed E-state index contributed by atoms with van der Waals surface area (Å²) in [6.45, 7) is 2.81. The number of anilines is 1. The zero-order chi connectivity index (χ0) is 17.4. The Morgan fingerprint density at radius 1 is 1.17 bits per heavy atom. The second-order valence-electron chi connectivity index (χ2n) is 5.59. The first-order valence-corrected chi connectivity index (χ1v) is 7.96. The minimum Gasteiger partial charge on any atom is -0.493 e. The van der Waals surface area contributed by atoms with Crippen molar-refractivity contribution in [3.05, 3.63) is 60.2 Å². The smallest absolute Gasteiger partial charge is 0.345 e. The summed E-state index contributed by atoms with van der Waals surface area (Å²) in [5, 5.41) is 3.86. The van der Waals surface area contributed by atoms with Gasteiger partial charge in [0.15, 0.2) is 0 Å². The van der Waals surface area contributed by atoms with Crippen molar-refractivity contribution in [3.63, 3.8) is 0 Å². The number of hydrogen-bond donors (Lipinski definition) is 1. The van der Waals surface area contributed by atoms with Crippen molar-refractivity contribution in [3.8, 4) is 5.75 Å². The molecule has 0 saturated carbocycles. The monoisotopic (exact) mass is 328 g/mol. The second-order valence-corrected chi connectivity index (χ2v) is 5.59. The zero-order valence-corrected chi connectivity index (χ0v) is 14.4. The van der Waals surface area contributed by atoms with E-state index in [1.807, 2.05) is 18.2 Å². The van der Waals surface area contributed by atoms with Crippen LogP contribution in [0.5, 0.6) is 5.75 Å². The molecule has 1 atom stereocenters. The topological polar surface area (TPSA) is 50.8 Å². The summed E-state index contributed by atoms with van der Waals surface area (Å²) in [7, 11) is 2.98. The number of rotatable bonds is 7. The molecule has 0 bridgehead atoms. The molecule has 2 rings (SSSR count). The number of carbonyl (C=O) groups excluding carboxylic acids is 1. The second kappa shape index (κ2) is 8.93. The molecule has 0 fully saturated rings. The van der Waals surface area contributed by atoms with Crippen LogP contribution in [0, 0.1) is 0 Å². The van der Waals surface area contributed by atoms with E-state index in [1.165, 1.54) is 12.7 Å².